The third-order valence-electron chi connectivity index (χ3n) is 2.09. The van der Waals surface area contributed by atoms with Gasteiger partial charge in [0.15, 0.2) is 6.10 Å². The molecule has 2 atom stereocenters. The molecule has 0 saturated heterocycles. The maximum Gasteiger partial charge on any atom is 0.416 e. The van der Waals surface area contributed by atoms with Crippen LogP contribution in [0.15, 0.2) is 0 Å². The zero-order valence-corrected chi connectivity index (χ0v) is 11.0. The first-order chi connectivity index (χ1) is 8.68. The number of halogens is 3. The predicted molar refractivity (Wildman–Crippen MR) is 64.6 cm³/mol. The standard InChI is InChI=1S/C9H16F3N3O3S/c1-19-3-2-5(15-8(13)18)7(17)14-4-6(16)9(10,11)12/h5-6,16H,2-4H2,1H3,(H,14,17)(H3,13,15,18). The second-order valence-corrected chi connectivity index (χ2v) is 4.63. The average Bonchev–Trinajstić information content (AvgIpc) is 2.29. The van der Waals surface area contributed by atoms with E-state index >= 15 is 0 Å². The van der Waals surface area contributed by atoms with Gasteiger partial charge < -0.3 is 21.5 Å². The summed E-state index contributed by atoms with van der Waals surface area (Å²) in [6, 6.07) is -1.97. The number of nitrogens with two attached hydrogens (primary N) is 1. The van der Waals surface area contributed by atoms with Crippen molar-refractivity contribution in [3.05, 3.63) is 0 Å². The molecular formula is C9H16F3N3O3S. The summed E-state index contributed by atoms with van der Waals surface area (Å²) < 4.78 is 36.1. The highest BCUT2D eigenvalue weighted by Crippen LogP contribution is 2.19. The van der Waals surface area contributed by atoms with E-state index in [9.17, 15) is 22.8 Å². The van der Waals surface area contributed by atoms with Crippen molar-refractivity contribution in [3.8, 4) is 0 Å². The van der Waals surface area contributed by atoms with Crippen LogP contribution < -0.4 is 16.4 Å². The Morgan fingerprint density at radius 2 is 2.00 bits per heavy atom. The lowest BCUT2D eigenvalue weighted by molar-refractivity contribution is -0.201. The largest absolute Gasteiger partial charge is 0.416 e. The van der Waals surface area contributed by atoms with E-state index < -0.39 is 36.8 Å². The first-order valence-corrected chi connectivity index (χ1v) is 6.65. The van der Waals surface area contributed by atoms with Gasteiger partial charge in [0, 0.05) is 0 Å². The minimum atomic E-state index is -4.81. The van der Waals surface area contributed by atoms with Crippen LogP contribution >= 0.6 is 11.8 Å². The Balaban J connectivity index is 4.35. The Morgan fingerprint density at radius 3 is 2.42 bits per heavy atom. The number of aliphatic hydroxyl groups excluding tert-OH is 1. The number of alkyl halides is 3. The van der Waals surface area contributed by atoms with Gasteiger partial charge >= 0.3 is 12.2 Å². The summed E-state index contributed by atoms with van der Waals surface area (Å²) in [5.41, 5.74) is 4.86. The van der Waals surface area contributed by atoms with Crippen LogP contribution in [0.2, 0.25) is 0 Å². The number of primary amides is 1. The molecule has 2 unspecified atom stereocenters. The van der Waals surface area contributed by atoms with Crippen LogP contribution in [0.1, 0.15) is 6.42 Å². The number of carbonyl (C=O) groups is 2. The molecule has 6 nitrogen and oxygen atoms in total. The van der Waals surface area contributed by atoms with Gasteiger partial charge in [-0.2, -0.15) is 24.9 Å². The van der Waals surface area contributed by atoms with Crippen LogP contribution in [-0.2, 0) is 4.79 Å². The summed E-state index contributed by atoms with van der Waals surface area (Å²) in [7, 11) is 0. The number of carbonyl (C=O) groups excluding carboxylic acids is 2. The van der Waals surface area contributed by atoms with Crippen LogP contribution in [0.3, 0.4) is 0 Å². The van der Waals surface area contributed by atoms with Crippen molar-refractivity contribution in [2.75, 3.05) is 18.6 Å². The molecule has 0 aromatic rings. The Kier molecular flexibility index (Phi) is 7.61. The van der Waals surface area contributed by atoms with Crippen molar-refractivity contribution in [1.29, 1.82) is 0 Å². The Morgan fingerprint density at radius 1 is 1.42 bits per heavy atom. The second-order valence-electron chi connectivity index (χ2n) is 3.65. The summed E-state index contributed by atoms with van der Waals surface area (Å²) in [5.74, 6) is -0.309. The molecule has 0 aromatic carbocycles. The fraction of sp³-hybridized carbons (Fsp3) is 0.778. The molecule has 0 fully saturated rings. The predicted octanol–water partition coefficient (Wildman–Crippen LogP) is -0.184. The van der Waals surface area contributed by atoms with E-state index in [1.54, 1.807) is 6.26 Å². The van der Waals surface area contributed by atoms with Gasteiger partial charge in [-0.1, -0.05) is 0 Å². The minimum Gasteiger partial charge on any atom is -0.382 e. The van der Waals surface area contributed by atoms with Crippen molar-refractivity contribution in [2.24, 2.45) is 5.73 Å². The van der Waals surface area contributed by atoms with Crippen molar-refractivity contribution in [3.63, 3.8) is 0 Å². The van der Waals surface area contributed by atoms with Crippen LogP contribution in [0, 0.1) is 0 Å². The van der Waals surface area contributed by atoms with E-state index in [0.717, 1.165) is 0 Å². The van der Waals surface area contributed by atoms with Gasteiger partial charge in [0.25, 0.3) is 0 Å². The topological polar surface area (TPSA) is 104 Å². The van der Waals surface area contributed by atoms with Crippen LogP contribution in [-0.4, -0.2) is 53.9 Å². The number of amides is 3. The van der Waals surface area contributed by atoms with Gasteiger partial charge in [-0.15, -0.1) is 0 Å². The second kappa shape index (κ2) is 8.10. The summed E-state index contributed by atoms with van der Waals surface area (Å²) in [6.07, 6.45) is -5.46. The van der Waals surface area contributed by atoms with Crippen molar-refractivity contribution in [1.82, 2.24) is 10.6 Å². The number of rotatable bonds is 7. The van der Waals surface area contributed by atoms with Gasteiger partial charge in [-0.3, -0.25) is 4.79 Å². The Bertz CT molecular complexity index is 315. The molecule has 10 heteroatoms. The van der Waals surface area contributed by atoms with Crippen molar-refractivity contribution >= 4 is 23.7 Å². The molecular weight excluding hydrogens is 287 g/mol. The normalized spacial score (nSPS) is 14.6. The maximum atomic E-state index is 12.0. The molecule has 0 aliphatic heterocycles. The molecule has 0 aliphatic carbocycles. The van der Waals surface area contributed by atoms with E-state index in [0.29, 0.717) is 5.75 Å². The molecule has 0 heterocycles. The fourth-order valence-electron chi connectivity index (χ4n) is 1.11. The van der Waals surface area contributed by atoms with Gasteiger partial charge in [0.05, 0.1) is 6.54 Å². The highest BCUT2D eigenvalue weighted by molar-refractivity contribution is 7.98. The first kappa shape index (κ1) is 17.8. The molecule has 0 aliphatic rings. The van der Waals surface area contributed by atoms with E-state index in [-0.39, 0.29) is 6.42 Å². The highest BCUT2D eigenvalue weighted by Gasteiger charge is 2.38. The van der Waals surface area contributed by atoms with Gasteiger partial charge in [0.1, 0.15) is 6.04 Å². The molecule has 0 rings (SSSR count). The van der Waals surface area contributed by atoms with Gasteiger partial charge in [0.2, 0.25) is 5.91 Å². The maximum absolute atomic E-state index is 12.0. The number of thioether (sulfide) groups is 1. The first-order valence-electron chi connectivity index (χ1n) is 5.26. The van der Waals surface area contributed by atoms with Gasteiger partial charge in [-0.05, 0) is 18.4 Å². The van der Waals surface area contributed by atoms with E-state index in [1.807, 2.05) is 5.32 Å². The third-order valence-corrected chi connectivity index (χ3v) is 2.74. The summed E-state index contributed by atoms with van der Waals surface area (Å²) in [5, 5.41) is 12.8. The van der Waals surface area contributed by atoms with Crippen LogP contribution in [0.25, 0.3) is 0 Å². The van der Waals surface area contributed by atoms with Gasteiger partial charge in [-0.25, -0.2) is 4.79 Å². The molecule has 5 N–H and O–H groups in total. The highest BCUT2D eigenvalue weighted by atomic mass is 32.2. The molecule has 3 amide bonds. The quantitative estimate of drug-likeness (QED) is 0.523. The fourth-order valence-corrected chi connectivity index (χ4v) is 1.58. The molecule has 0 aromatic heterocycles. The summed E-state index contributed by atoms with van der Waals surface area (Å²) in [6.45, 7) is -0.974. The molecule has 19 heavy (non-hydrogen) atoms. The number of hydrogen-bond donors (Lipinski definition) is 4. The van der Waals surface area contributed by atoms with Crippen molar-refractivity contribution < 1.29 is 27.9 Å². The lowest BCUT2D eigenvalue weighted by Crippen LogP contribution is -2.51. The lowest BCUT2D eigenvalue weighted by atomic mass is 10.2. The summed E-state index contributed by atoms with van der Waals surface area (Å²) in [4.78, 5) is 22.2. The number of urea groups is 1. The average molecular weight is 303 g/mol. The minimum absolute atomic E-state index is 0.220. The van der Waals surface area contributed by atoms with E-state index in [2.05, 4.69) is 5.32 Å². The molecule has 0 spiro atoms. The Hall–Kier alpha value is -1.16. The lowest BCUT2D eigenvalue weighted by Gasteiger charge is -2.19. The zero-order valence-electron chi connectivity index (χ0n) is 10.2. The number of nitrogens with one attached hydrogen (secondary N) is 2. The number of hydrogen-bond acceptors (Lipinski definition) is 4. The summed E-state index contributed by atoms with van der Waals surface area (Å²) >= 11 is 1.40. The third kappa shape index (κ3) is 7.78. The molecule has 0 bridgehead atoms. The number of aliphatic hydroxyl groups is 1. The molecule has 0 saturated carbocycles. The van der Waals surface area contributed by atoms with Crippen LogP contribution in [0.4, 0.5) is 18.0 Å². The monoisotopic (exact) mass is 303 g/mol. The van der Waals surface area contributed by atoms with E-state index in [4.69, 9.17) is 10.8 Å². The van der Waals surface area contributed by atoms with E-state index in [1.165, 1.54) is 11.8 Å². The Labute approximate surface area is 112 Å². The SMILES string of the molecule is CSCCC(NC(N)=O)C(=O)NCC(O)C(F)(F)F. The zero-order chi connectivity index (χ0) is 15.1. The molecule has 112 valence electrons. The van der Waals surface area contributed by atoms with Crippen LogP contribution in [0.5, 0.6) is 0 Å². The smallest absolute Gasteiger partial charge is 0.382 e. The molecule has 0 radical (unpaired) electrons. The van der Waals surface area contributed by atoms with Crippen molar-refractivity contribution in [2.45, 2.75) is 24.7 Å².